The third-order valence-corrected chi connectivity index (χ3v) is 4.99. The lowest BCUT2D eigenvalue weighted by Gasteiger charge is -2.22. The fourth-order valence-electron chi connectivity index (χ4n) is 3.57. The van der Waals surface area contributed by atoms with E-state index in [1.807, 2.05) is 67.6 Å². The number of carbonyl (C=O) groups excluding carboxylic acids is 1. The van der Waals surface area contributed by atoms with Crippen LogP contribution < -0.4 is 10.6 Å². The van der Waals surface area contributed by atoms with Crippen LogP contribution in [0.25, 0.3) is 10.8 Å². The highest BCUT2D eigenvalue weighted by atomic mass is 16.1. The maximum absolute atomic E-state index is 12.8. The summed E-state index contributed by atoms with van der Waals surface area (Å²) in [5.41, 5.74) is 2.66. The van der Waals surface area contributed by atoms with Gasteiger partial charge < -0.3 is 5.32 Å². The fraction of sp³-hybridized carbons (Fsp3) is 0.0870. The van der Waals surface area contributed by atoms with Crippen molar-refractivity contribution in [3.8, 4) is 0 Å². The average molecular weight is 381 g/mol. The molecule has 4 aromatic rings. The minimum atomic E-state index is -0.236. The second-order valence-electron chi connectivity index (χ2n) is 7.05. The highest BCUT2D eigenvalue weighted by molar-refractivity contribution is 6.05. The summed E-state index contributed by atoms with van der Waals surface area (Å²) in [6.07, 6.45) is 2.09. The lowest BCUT2D eigenvalue weighted by atomic mass is 10.1. The first kappa shape index (κ1) is 17.2. The Bertz CT molecular complexity index is 1240. The molecule has 0 spiro atoms. The number of amides is 1. The molecule has 3 aromatic carbocycles. The normalized spacial score (nSPS) is 15.3. The summed E-state index contributed by atoms with van der Waals surface area (Å²) in [7, 11) is 0. The highest BCUT2D eigenvalue weighted by Crippen LogP contribution is 2.29. The Morgan fingerprint density at radius 1 is 1.00 bits per heavy atom. The molecule has 1 amide bonds. The van der Waals surface area contributed by atoms with Crippen LogP contribution in [0, 0.1) is 0 Å². The zero-order chi connectivity index (χ0) is 19.8. The van der Waals surface area contributed by atoms with E-state index in [-0.39, 0.29) is 17.9 Å². The van der Waals surface area contributed by atoms with Gasteiger partial charge in [0, 0.05) is 11.3 Å². The molecule has 0 radical (unpaired) electrons. The minimum absolute atomic E-state index is 0.0775. The van der Waals surface area contributed by atoms with Crippen molar-refractivity contribution in [1.29, 1.82) is 0 Å². The lowest BCUT2D eigenvalue weighted by molar-refractivity contribution is 0.102. The first-order valence-electron chi connectivity index (χ1n) is 9.44. The number of rotatable bonds is 3. The molecule has 29 heavy (non-hydrogen) atoms. The van der Waals surface area contributed by atoms with Gasteiger partial charge in [0.2, 0.25) is 5.95 Å². The molecule has 1 atom stereocenters. The van der Waals surface area contributed by atoms with Gasteiger partial charge in [0.05, 0.1) is 0 Å². The van der Waals surface area contributed by atoms with Crippen LogP contribution in [-0.2, 0) is 0 Å². The largest absolute Gasteiger partial charge is 0.329 e. The first-order valence-corrected chi connectivity index (χ1v) is 9.44. The molecule has 1 aliphatic rings. The van der Waals surface area contributed by atoms with Gasteiger partial charge in [-0.05, 0) is 41.5 Å². The van der Waals surface area contributed by atoms with E-state index in [1.165, 1.54) is 0 Å². The molecule has 1 aliphatic heterocycles. The number of aromatic nitrogens is 3. The van der Waals surface area contributed by atoms with Crippen molar-refractivity contribution < 1.29 is 4.79 Å². The molecule has 0 fully saturated rings. The van der Waals surface area contributed by atoms with Gasteiger partial charge in [-0.3, -0.25) is 10.1 Å². The standard InChI is InChI=1S/C23H19N5O/c1-15-13-20(17-8-3-2-4-9-17)28-23(24-15)26-22(27-28)25-21(29)19-12-11-16-7-5-6-10-18(16)14-19/h2-14,20H,1H3,(H2,24,25,26,27,29). The third kappa shape index (κ3) is 3.25. The Hall–Kier alpha value is -3.93. The lowest BCUT2D eigenvalue weighted by Crippen LogP contribution is -2.19. The predicted molar refractivity (Wildman–Crippen MR) is 114 cm³/mol. The number of benzene rings is 3. The number of fused-ring (bicyclic) bond motifs is 2. The van der Waals surface area contributed by atoms with Gasteiger partial charge in [-0.2, -0.15) is 4.98 Å². The van der Waals surface area contributed by atoms with Crippen LogP contribution in [0.5, 0.6) is 0 Å². The number of hydrogen-bond donors (Lipinski definition) is 2. The van der Waals surface area contributed by atoms with Crippen LogP contribution in [-0.4, -0.2) is 20.7 Å². The second-order valence-corrected chi connectivity index (χ2v) is 7.05. The Balaban J connectivity index is 1.44. The SMILES string of the molecule is CC1=CC(c2ccccc2)n2nc(NC(=O)c3ccc4ccccc4c3)nc2N1. The summed E-state index contributed by atoms with van der Waals surface area (Å²) in [5.74, 6) is 0.641. The van der Waals surface area contributed by atoms with Crippen LogP contribution in [0.3, 0.4) is 0 Å². The van der Waals surface area contributed by atoms with Gasteiger partial charge in [0.15, 0.2) is 0 Å². The van der Waals surface area contributed by atoms with Crippen LogP contribution in [0.1, 0.15) is 28.9 Å². The monoisotopic (exact) mass is 381 g/mol. The van der Waals surface area contributed by atoms with Gasteiger partial charge in [-0.25, -0.2) is 4.68 Å². The topological polar surface area (TPSA) is 71.8 Å². The summed E-state index contributed by atoms with van der Waals surface area (Å²) >= 11 is 0. The molecule has 6 heteroatoms. The highest BCUT2D eigenvalue weighted by Gasteiger charge is 2.24. The molecule has 5 rings (SSSR count). The zero-order valence-corrected chi connectivity index (χ0v) is 15.8. The molecular formula is C23H19N5O. The van der Waals surface area contributed by atoms with E-state index in [0.717, 1.165) is 22.0 Å². The van der Waals surface area contributed by atoms with E-state index in [2.05, 4.69) is 38.9 Å². The zero-order valence-electron chi connectivity index (χ0n) is 15.8. The van der Waals surface area contributed by atoms with Gasteiger partial charge in [-0.1, -0.05) is 60.7 Å². The Labute approximate surface area is 167 Å². The summed E-state index contributed by atoms with van der Waals surface area (Å²) in [6, 6.07) is 23.6. The maximum atomic E-state index is 12.8. The van der Waals surface area contributed by atoms with Crippen molar-refractivity contribution >= 4 is 28.6 Å². The Morgan fingerprint density at radius 2 is 1.76 bits per heavy atom. The van der Waals surface area contributed by atoms with Gasteiger partial charge in [0.25, 0.3) is 11.9 Å². The fourth-order valence-corrected chi connectivity index (χ4v) is 3.57. The number of hydrogen-bond acceptors (Lipinski definition) is 4. The van der Waals surface area contributed by atoms with Crippen molar-refractivity contribution in [3.05, 3.63) is 95.7 Å². The van der Waals surface area contributed by atoms with Gasteiger partial charge in [-0.15, -0.1) is 5.10 Å². The van der Waals surface area contributed by atoms with E-state index in [4.69, 9.17) is 0 Å². The number of allylic oxidation sites excluding steroid dienone is 2. The quantitative estimate of drug-likeness (QED) is 0.544. The average Bonchev–Trinajstić information content (AvgIpc) is 3.15. The van der Waals surface area contributed by atoms with E-state index in [0.29, 0.717) is 11.5 Å². The number of carbonyl (C=O) groups is 1. The number of anilines is 2. The van der Waals surface area contributed by atoms with E-state index >= 15 is 0 Å². The van der Waals surface area contributed by atoms with Crippen LogP contribution in [0.15, 0.2) is 84.6 Å². The molecule has 0 saturated carbocycles. The van der Waals surface area contributed by atoms with E-state index < -0.39 is 0 Å². The summed E-state index contributed by atoms with van der Waals surface area (Å²) in [4.78, 5) is 17.2. The molecule has 2 heterocycles. The second kappa shape index (κ2) is 6.91. The molecule has 1 aromatic heterocycles. The number of nitrogens with zero attached hydrogens (tertiary/aromatic N) is 3. The smallest absolute Gasteiger partial charge is 0.258 e. The Morgan fingerprint density at radius 3 is 2.59 bits per heavy atom. The molecule has 0 aliphatic carbocycles. The van der Waals surface area contributed by atoms with Crippen molar-refractivity contribution in [2.24, 2.45) is 0 Å². The maximum Gasteiger partial charge on any atom is 0.258 e. The van der Waals surface area contributed by atoms with Crippen LogP contribution >= 0.6 is 0 Å². The minimum Gasteiger partial charge on any atom is -0.329 e. The van der Waals surface area contributed by atoms with Crippen molar-refractivity contribution in [2.45, 2.75) is 13.0 Å². The molecule has 142 valence electrons. The molecule has 0 saturated heterocycles. The number of nitrogens with one attached hydrogen (secondary N) is 2. The van der Waals surface area contributed by atoms with Crippen molar-refractivity contribution in [2.75, 3.05) is 10.6 Å². The summed E-state index contributed by atoms with van der Waals surface area (Å²) < 4.78 is 1.79. The van der Waals surface area contributed by atoms with Gasteiger partial charge >= 0.3 is 0 Å². The first-order chi connectivity index (χ1) is 14.2. The van der Waals surface area contributed by atoms with Crippen LogP contribution in [0.4, 0.5) is 11.9 Å². The Kier molecular flexibility index (Phi) is 4.09. The van der Waals surface area contributed by atoms with E-state index in [9.17, 15) is 4.79 Å². The predicted octanol–water partition coefficient (Wildman–Crippen LogP) is 4.60. The summed E-state index contributed by atoms with van der Waals surface area (Å²) in [5, 5.41) is 12.7. The van der Waals surface area contributed by atoms with Crippen molar-refractivity contribution in [1.82, 2.24) is 14.8 Å². The summed E-state index contributed by atoms with van der Waals surface area (Å²) in [6.45, 7) is 1.99. The van der Waals surface area contributed by atoms with Crippen LogP contribution in [0.2, 0.25) is 0 Å². The molecule has 0 bridgehead atoms. The molecule has 2 N–H and O–H groups in total. The van der Waals surface area contributed by atoms with E-state index in [1.54, 1.807) is 4.68 Å². The third-order valence-electron chi connectivity index (χ3n) is 4.99. The molecular weight excluding hydrogens is 362 g/mol. The van der Waals surface area contributed by atoms with Crippen molar-refractivity contribution in [3.63, 3.8) is 0 Å². The van der Waals surface area contributed by atoms with Gasteiger partial charge in [0.1, 0.15) is 6.04 Å². The molecule has 6 nitrogen and oxygen atoms in total. The molecule has 1 unspecified atom stereocenters.